The maximum Gasteiger partial charge on any atom is 0.152 e. The Bertz CT molecular complexity index is 250. The van der Waals surface area contributed by atoms with E-state index >= 15 is 0 Å². The summed E-state index contributed by atoms with van der Waals surface area (Å²) in [6.07, 6.45) is 2.95. The number of hydrogen-bond acceptors (Lipinski definition) is 1. The average Bonchev–Trinajstić information content (AvgIpc) is 2.44. The summed E-state index contributed by atoms with van der Waals surface area (Å²) in [5.41, 5.74) is -0.321. The standard InChI is InChI=1S/C7H9FN2/c1-10-6(2-5-9-10)7(8)3-4-7/h2,5H,3-4H2,1H3. The first kappa shape index (κ1) is 5.89. The molecule has 1 aliphatic rings. The van der Waals surface area contributed by atoms with Crippen molar-refractivity contribution in [2.75, 3.05) is 0 Å². The molecule has 0 aromatic carbocycles. The molecule has 1 aromatic heterocycles. The summed E-state index contributed by atoms with van der Waals surface area (Å²) in [6, 6.07) is 1.74. The molecule has 0 radical (unpaired) electrons. The fourth-order valence-corrected chi connectivity index (χ4v) is 1.18. The molecular formula is C7H9FN2. The van der Waals surface area contributed by atoms with E-state index in [1.807, 2.05) is 0 Å². The molecule has 54 valence electrons. The minimum Gasteiger partial charge on any atom is -0.269 e. The molecule has 1 aliphatic carbocycles. The van der Waals surface area contributed by atoms with Crippen molar-refractivity contribution in [2.24, 2.45) is 7.05 Å². The van der Waals surface area contributed by atoms with E-state index in [9.17, 15) is 4.39 Å². The van der Waals surface area contributed by atoms with Crippen molar-refractivity contribution in [3.05, 3.63) is 18.0 Å². The zero-order valence-electron chi connectivity index (χ0n) is 5.84. The van der Waals surface area contributed by atoms with Crippen molar-refractivity contribution in [3.8, 4) is 0 Å². The molecule has 2 nitrogen and oxygen atoms in total. The Morgan fingerprint density at radius 3 is 2.80 bits per heavy atom. The second kappa shape index (κ2) is 1.59. The van der Waals surface area contributed by atoms with Crippen LogP contribution in [0.4, 0.5) is 4.39 Å². The summed E-state index contributed by atoms with van der Waals surface area (Å²) in [4.78, 5) is 0. The smallest absolute Gasteiger partial charge is 0.152 e. The van der Waals surface area contributed by atoms with Crippen molar-refractivity contribution in [1.82, 2.24) is 9.78 Å². The molecule has 0 bridgehead atoms. The van der Waals surface area contributed by atoms with Crippen LogP contribution in [0.25, 0.3) is 0 Å². The quantitative estimate of drug-likeness (QED) is 0.576. The Labute approximate surface area is 58.7 Å². The van der Waals surface area contributed by atoms with Crippen LogP contribution in [0.2, 0.25) is 0 Å². The molecule has 0 atom stereocenters. The molecule has 0 spiro atoms. The highest BCUT2D eigenvalue weighted by Gasteiger charge is 2.47. The Kier molecular flexibility index (Phi) is 0.938. The molecular weight excluding hydrogens is 131 g/mol. The van der Waals surface area contributed by atoms with Gasteiger partial charge in [-0.25, -0.2) is 4.39 Å². The summed E-state index contributed by atoms with van der Waals surface area (Å²) < 4.78 is 14.9. The van der Waals surface area contributed by atoms with Crippen LogP contribution in [0.15, 0.2) is 12.3 Å². The van der Waals surface area contributed by atoms with Crippen LogP contribution in [-0.2, 0) is 12.7 Å². The van der Waals surface area contributed by atoms with E-state index in [0.717, 1.165) is 0 Å². The fourth-order valence-electron chi connectivity index (χ4n) is 1.18. The Balaban J connectivity index is 2.42. The van der Waals surface area contributed by atoms with Crippen molar-refractivity contribution in [1.29, 1.82) is 0 Å². The lowest BCUT2D eigenvalue weighted by atomic mass is 10.2. The molecule has 0 aliphatic heterocycles. The van der Waals surface area contributed by atoms with Gasteiger partial charge in [-0.2, -0.15) is 5.10 Å². The Morgan fingerprint density at radius 1 is 1.70 bits per heavy atom. The van der Waals surface area contributed by atoms with Gasteiger partial charge in [-0.15, -0.1) is 0 Å². The van der Waals surface area contributed by atoms with Crippen LogP contribution in [0.1, 0.15) is 18.5 Å². The third-order valence-electron chi connectivity index (χ3n) is 1.97. The van der Waals surface area contributed by atoms with Gasteiger partial charge < -0.3 is 0 Å². The SMILES string of the molecule is Cn1nccc1C1(F)CC1. The number of nitrogens with zero attached hydrogens (tertiary/aromatic N) is 2. The molecule has 0 amide bonds. The lowest BCUT2D eigenvalue weighted by Gasteiger charge is -2.03. The number of rotatable bonds is 1. The molecule has 1 heterocycles. The van der Waals surface area contributed by atoms with Gasteiger partial charge in [0.15, 0.2) is 5.67 Å². The number of aryl methyl sites for hydroxylation is 1. The maximum absolute atomic E-state index is 13.3. The summed E-state index contributed by atoms with van der Waals surface area (Å²) in [7, 11) is 1.77. The number of hydrogen-bond donors (Lipinski definition) is 0. The van der Waals surface area contributed by atoms with E-state index in [2.05, 4.69) is 5.10 Å². The van der Waals surface area contributed by atoms with E-state index in [-0.39, 0.29) is 0 Å². The highest BCUT2D eigenvalue weighted by Crippen LogP contribution is 2.48. The van der Waals surface area contributed by atoms with Gasteiger partial charge in [-0.1, -0.05) is 0 Å². The minimum atomic E-state index is -1.04. The van der Waals surface area contributed by atoms with E-state index in [0.29, 0.717) is 18.5 Å². The Morgan fingerprint density at radius 2 is 2.40 bits per heavy atom. The van der Waals surface area contributed by atoms with E-state index in [1.165, 1.54) is 0 Å². The van der Waals surface area contributed by atoms with Gasteiger partial charge in [0.05, 0.1) is 5.69 Å². The van der Waals surface area contributed by atoms with Gasteiger partial charge in [0.2, 0.25) is 0 Å². The third kappa shape index (κ3) is 0.664. The minimum absolute atomic E-state index is 0.659. The van der Waals surface area contributed by atoms with Crippen LogP contribution in [0, 0.1) is 0 Å². The molecule has 0 N–H and O–H groups in total. The summed E-state index contributed by atoms with van der Waals surface area (Å²) in [5.74, 6) is 0. The first-order chi connectivity index (χ1) is 4.72. The molecule has 10 heavy (non-hydrogen) atoms. The zero-order valence-corrected chi connectivity index (χ0v) is 5.84. The maximum atomic E-state index is 13.3. The Hall–Kier alpha value is -0.860. The van der Waals surface area contributed by atoms with Gasteiger partial charge in [0.1, 0.15) is 0 Å². The largest absolute Gasteiger partial charge is 0.269 e. The molecule has 0 unspecified atom stereocenters. The lowest BCUT2D eigenvalue weighted by molar-refractivity contribution is 0.298. The number of aromatic nitrogens is 2. The normalized spacial score (nSPS) is 21.0. The van der Waals surface area contributed by atoms with Gasteiger partial charge in [-0.05, 0) is 18.9 Å². The highest BCUT2D eigenvalue weighted by molar-refractivity contribution is 5.18. The number of alkyl halides is 1. The first-order valence-electron chi connectivity index (χ1n) is 3.40. The molecule has 0 saturated heterocycles. The van der Waals surface area contributed by atoms with Crippen LogP contribution in [0.3, 0.4) is 0 Å². The van der Waals surface area contributed by atoms with E-state index < -0.39 is 5.67 Å². The van der Waals surface area contributed by atoms with Gasteiger partial charge in [0.25, 0.3) is 0 Å². The second-order valence-corrected chi connectivity index (χ2v) is 2.81. The molecule has 2 rings (SSSR count). The predicted molar refractivity (Wildman–Crippen MR) is 35.2 cm³/mol. The topological polar surface area (TPSA) is 17.8 Å². The molecule has 1 aromatic rings. The van der Waals surface area contributed by atoms with Crippen LogP contribution in [-0.4, -0.2) is 9.78 Å². The second-order valence-electron chi connectivity index (χ2n) is 2.81. The van der Waals surface area contributed by atoms with Crippen molar-refractivity contribution < 1.29 is 4.39 Å². The first-order valence-corrected chi connectivity index (χ1v) is 3.40. The van der Waals surface area contributed by atoms with Crippen LogP contribution in [0.5, 0.6) is 0 Å². The van der Waals surface area contributed by atoms with Crippen LogP contribution >= 0.6 is 0 Å². The van der Waals surface area contributed by atoms with Crippen molar-refractivity contribution >= 4 is 0 Å². The van der Waals surface area contributed by atoms with Gasteiger partial charge in [0, 0.05) is 13.2 Å². The van der Waals surface area contributed by atoms with E-state index in [4.69, 9.17) is 0 Å². The molecule has 1 fully saturated rings. The van der Waals surface area contributed by atoms with Gasteiger partial charge in [-0.3, -0.25) is 4.68 Å². The summed E-state index contributed by atoms with van der Waals surface area (Å²) in [6.45, 7) is 0. The molecule has 3 heteroatoms. The summed E-state index contributed by atoms with van der Waals surface area (Å²) >= 11 is 0. The van der Waals surface area contributed by atoms with Crippen LogP contribution < -0.4 is 0 Å². The van der Waals surface area contributed by atoms with Crippen molar-refractivity contribution in [2.45, 2.75) is 18.5 Å². The van der Waals surface area contributed by atoms with Crippen molar-refractivity contribution in [3.63, 3.8) is 0 Å². The zero-order chi connectivity index (χ0) is 7.19. The highest BCUT2D eigenvalue weighted by atomic mass is 19.1. The molecule has 1 saturated carbocycles. The number of halogens is 1. The predicted octanol–water partition coefficient (Wildman–Crippen LogP) is 1.38. The summed E-state index contributed by atoms with van der Waals surface area (Å²) in [5, 5.41) is 3.90. The fraction of sp³-hybridized carbons (Fsp3) is 0.571. The average molecular weight is 140 g/mol. The third-order valence-corrected chi connectivity index (χ3v) is 1.97. The van der Waals surface area contributed by atoms with E-state index in [1.54, 1.807) is 24.0 Å². The lowest BCUT2D eigenvalue weighted by Crippen LogP contribution is -2.05. The monoisotopic (exact) mass is 140 g/mol. The van der Waals surface area contributed by atoms with Gasteiger partial charge >= 0.3 is 0 Å².